The van der Waals surface area contributed by atoms with Gasteiger partial charge in [0, 0.05) is 32.4 Å². The van der Waals surface area contributed by atoms with Crippen molar-refractivity contribution in [1.82, 2.24) is 9.80 Å². The van der Waals surface area contributed by atoms with Crippen LogP contribution in [0.25, 0.3) is 0 Å². The quantitative estimate of drug-likeness (QED) is 0.561. The van der Waals surface area contributed by atoms with Crippen molar-refractivity contribution in [1.29, 1.82) is 5.26 Å². The predicted octanol–water partition coefficient (Wildman–Crippen LogP) is 1.21. The third-order valence-electron chi connectivity index (χ3n) is 4.41. The zero-order chi connectivity index (χ0) is 18.9. The first-order valence-corrected chi connectivity index (χ1v) is 8.58. The molecule has 2 N–H and O–H groups in total. The van der Waals surface area contributed by atoms with Gasteiger partial charge in [-0.05, 0) is 18.4 Å². The second-order valence-electron chi connectivity index (χ2n) is 6.24. The number of carbonyl (C=O) groups excluding carboxylic acids is 1. The predicted molar refractivity (Wildman–Crippen MR) is 94.6 cm³/mol. The summed E-state index contributed by atoms with van der Waals surface area (Å²) in [5.41, 5.74) is 0.993. The monoisotopic (exact) mass is 357 g/mol. The molecule has 0 aliphatic carbocycles. The number of amides is 1. The highest BCUT2D eigenvalue weighted by molar-refractivity contribution is 5.97. The first-order valence-electron chi connectivity index (χ1n) is 8.58. The highest BCUT2D eigenvalue weighted by atomic mass is 16.4. The van der Waals surface area contributed by atoms with Gasteiger partial charge in [0.1, 0.15) is 11.6 Å². The zero-order valence-corrected chi connectivity index (χ0v) is 14.5. The lowest BCUT2D eigenvalue weighted by atomic mass is 9.97. The first kappa shape index (κ1) is 19.5. The van der Waals surface area contributed by atoms with Crippen LogP contribution in [0, 0.1) is 17.2 Å². The Kier molecular flexibility index (Phi) is 7.18. The maximum atomic E-state index is 12.6. The molecule has 0 spiro atoms. The summed E-state index contributed by atoms with van der Waals surface area (Å²) in [5.74, 6) is -1.67. The molecule has 7 heteroatoms. The zero-order valence-electron chi connectivity index (χ0n) is 14.5. The summed E-state index contributed by atoms with van der Waals surface area (Å²) in [6, 6.07) is 11.5. The molecule has 138 valence electrons. The van der Waals surface area contributed by atoms with Crippen molar-refractivity contribution in [3.8, 4) is 6.07 Å². The number of benzene rings is 1. The van der Waals surface area contributed by atoms with Gasteiger partial charge in [-0.1, -0.05) is 30.3 Å². The Morgan fingerprint density at radius 3 is 2.46 bits per heavy atom. The number of aliphatic hydroxyl groups is 1. The summed E-state index contributed by atoms with van der Waals surface area (Å²) < 4.78 is 0. The molecule has 1 aromatic rings. The topological polar surface area (TPSA) is 105 Å². The summed E-state index contributed by atoms with van der Waals surface area (Å²) in [6.07, 6.45) is 2.27. The molecule has 2 rings (SSSR count). The number of piperidine rings is 1. The molecule has 0 saturated carbocycles. The number of nitriles is 1. The van der Waals surface area contributed by atoms with Crippen LogP contribution in [0.1, 0.15) is 18.4 Å². The minimum Gasteiger partial charge on any atom is -0.481 e. The van der Waals surface area contributed by atoms with E-state index >= 15 is 0 Å². The molecular formula is C19H23N3O4. The number of hydrogen-bond donors (Lipinski definition) is 2. The molecule has 0 atom stereocenters. The number of carboxylic acid groups (broad SMARTS) is 1. The van der Waals surface area contributed by atoms with Crippen molar-refractivity contribution in [2.24, 2.45) is 5.92 Å². The van der Waals surface area contributed by atoms with E-state index in [0.717, 1.165) is 5.56 Å². The van der Waals surface area contributed by atoms with Gasteiger partial charge in [-0.3, -0.25) is 9.59 Å². The van der Waals surface area contributed by atoms with Gasteiger partial charge in [-0.2, -0.15) is 5.26 Å². The third-order valence-corrected chi connectivity index (χ3v) is 4.41. The van der Waals surface area contributed by atoms with Crippen molar-refractivity contribution >= 4 is 11.9 Å². The van der Waals surface area contributed by atoms with E-state index in [0.29, 0.717) is 39.0 Å². The van der Waals surface area contributed by atoms with E-state index in [1.54, 1.807) is 4.90 Å². The number of hydrogen-bond acceptors (Lipinski definition) is 5. The normalized spacial score (nSPS) is 15.4. The van der Waals surface area contributed by atoms with Gasteiger partial charge in [-0.15, -0.1) is 0 Å². The van der Waals surface area contributed by atoms with Crippen LogP contribution in [0.4, 0.5) is 0 Å². The maximum absolute atomic E-state index is 12.6. The van der Waals surface area contributed by atoms with Gasteiger partial charge in [0.2, 0.25) is 0 Å². The van der Waals surface area contributed by atoms with E-state index in [1.807, 2.05) is 36.4 Å². The lowest BCUT2D eigenvalue weighted by molar-refractivity contribution is -0.145. The SMILES string of the molecule is N#C/C(=C/N(CCO)Cc1ccccc1)C(=O)N1CCC(C(=O)O)CC1. The highest BCUT2D eigenvalue weighted by Crippen LogP contribution is 2.19. The summed E-state index contributed by atoms with van der Waals surface area (Å²) >= 11 is 0. The molecule has 1 fully saturated rings. The molecule has 7 nitrogen and oxygen atoms in total. The number of carboxylic acids is 1. The van der Waals surface area contributed by atoms with Crippen LogP contribution < -0.4 is 0 Å². The van der Waals surface area contributed by atoms with Crippen LogP contribution in [0.3, 0.4) is 0 Å². The van der Waals surface area contributed by atoms with Gasteiger partial charge in [0.25, 0.3) is 5.91 Å². The Hall–Kier alpha value is -2.85. The van der Waals surface area contributed by atoms with Crippen LogP contribution in [-0.2, 0) is 16.1 Å². The third kappa shape index (κ3) is 5.33. The van der Waals surface area contributed by atoms with E-state index in [-0.39, 0.29) is 12.2 Å². The van der Waals surface area contributed by atoms with Crippen LogP contribution >= 0.6 is 0 Å². The maximum Gasteiger partial charge on any atom is 0.306 e. The molecule has 1 amide bonds. The highest BCUT2D eigenvalue weighted by Gasteiger charge is 2.28. The number of aliphatic carboxylic acids is 1. The van der Waals surface area contributed by atoms with Gasteiger partial charge in [0.05, 0.1) is 12.5 Å². The Morgan fingerprint density at radius 2 is 1.92 bits per heavy atom. The number of nitrogens with zero attached hydrogens (tertiary/aromatic N) is 3. The first-order chi connectivity index (χ1) is 12.5. The average molecular weight is 357 g/mol. The van der Waals surface area contributed by atoms with Gasteiger partial charge in [0.15, 0.2) is 0 Å². The van der Waals surface area contributed by atoms with E-state index in [2.05, 4.69) is 0 Å². The Morgan fingerprint density at radius 1 is 1.27 bits per heavy atom. The van der Waals surface area contributed by atoms with E-state index in [9.17, 15) is 20.0 Å². The number of carbonyl (C=O) groups is 2. The Labute approximate surface area is 152 Å². The molecule has 1 aromatic carbocycles. The second kappa shape index (κ2) is 9.59. The number of rotatable bonds is 7. The van der Waals surface area contributed by atoms with Crippen LogP contribution in [-0.4, -0.2) is 58.1 Å². The second-order valence-corrected chi connectivity index (χ2v) is 6.24. The molecule has 0 bridgehead atoms. The Bertz CT molecular complexity index is 688. The van der Waals surface area contributed by atoms with Crippen molar-refractivity contribution in [3.05, 3.63) is 47.7 Å². The molecule has 0 radical (unpaired) electrons. The van der Waals surface area contributed by atoms with Crippen LogP contribution in [0.15, 0.2) is 42.1 Å². The van der Waals surface area contributed by atoms with Crippen molar-refractivity contribution in [3.63, 3.8) is 0 Å². The molecule has 1 saturated heterocycles. The molecule has 1 aliphatic rings. The largest absolute Gasteiger partial charge is 0.481 e. The van der Waals surface area contributed by atoms with Crippen molar-refractivity contribution < 1.29 is 19.8 Å². The van der Waals surface area contributed by atoms with Gasteiger partial charge >= 0.3 is 5.97 Å². The summed E-state index contributed by atoms with van der Waals surface area (Å²) in [6.45, 7) is 1.33. The smallest absolute Gasteiger partial charge is 0.306 e. The summed E-state index contributed by atoms with van der Waals surface area (Å²) in [4.78, 5) is 26.9. The fraction of sp³-hybridized carbons (Fsp3) is 0.421. The molecule has 0 aromatic heterocycles. The molecule has 0 unspecified atom stereocenters. The molecule has 1 heterocycles. The average Bonchev–Trinajstić information content (AvgIpc) is 2.66. The fourth-order valence-electron chi connectivity index (χ4n) is 2.95. The van der Waals surface area contributed by atoms with Crippen LogP contribution in [0.2, 0.25) is 0 Å². The minimum atomic E-state index is -0.842. The molecule has 26 heavy (non-hydrogen) atoms. The standard InChI is InChI=1S/C19H23N3O4/c20-12-17(18(24)22-8-6-16(7-9-22)19(25)26)14-21(10-11-23)13-15-4-2-1-3-5-15/h1-5,14,16,23H,6-11,13H2,(H,25,26)/b17-14-. The number of aliphatic hydroxyl groups excluding tert-OH is 1. The van der Waals surface area contributed by atoms with Gasteiger partial charge < -0.3 is 20.0 Å². The lowest BCUT2D eigenvalue weighted by Crippen LogP contribution is -2.41. The number of likely N-dealkylation sites (tertiary alicyclic amines) is 1. The van der Waals surface area contributed by atoms with Gasteiger partial charge in [-0.25, -0.2) is 0 Å². The van der Waals surface area contributed by atoms with E-state index in [4.69, 9.17) is 5.11 Å². The summed E-state index contributed by atoms with van der Waals surface area (Å²) in [5, 5.41) is 27.7. The van der Waals surface area contributed by atoms with E-state index in [1.165, 1.54) is 11.1 Å². The van der Waals surface area contributed by atoms with E-state index < -0.39 is 17.8 Å². The molecular weight excluding hydrogens is 334 g/mol. The fourth-order valence-corrected chi connectivity index (χ4v) is 2.95. The Balaban J connectivity index is 2.07. The minimum absolute atomic E-state index is 0.0110. The van der Waals surface area contributed by atoms with Crippen molar-refractivity contribution in [2.75, 3.05) is 26.2 Å². The lowest BCUT2D eigenvalue weighted by Gasteiger charge is -2.30. The molecule has 1 aliphatic heterocycles. The van der Waals surface area contributed by atoms with Crippen LogP contribution in [0.5, 0.6) is 0 Å². The summed E-state index contributed by atoms with van der Waals surface area (Å²) in [7, 11) is 0. The van der Waals surface area contributed by atoms with Crippen molar-refractivity contribution in [2.45, 2.75) is 19.4 Å².